The van der Waals surface area contributed by atoms with Crippen molar-refractivity contribution in [1.82, 2.24) is 5.32 Å². The van der Waals surface area contributed by atoms with E-state index in [0.717, 1.165) is 18.2 Å². The summed E-state index contributed by atoms with van der Waals surface area (Å²) in [5.41, 5.74) is 7.43. The van der Waals surface area contributed by atoms with E-state index in [0.29, 0.717) is 34.4 Å². The average Bonchev–Trinajstić information content (AvgIpc) is 3.47. The average molecular weight is 421 g/mol. The van der Waals surface area contributed by atoms with Gasteiger partial charge in [0.15, 0.2) is 5.76 Å². The van der Waals surface area contributed by atoms with Crippen molar-refractivity contribution in [2.75, 3.05) is 6.54 Å². The Kier molecular flexibility index (Phi) is 6.50. The number of rotatable bonds is 7. The van der Waals surface area contributed by atoms with Crippen molar-refractivity contribution in [1.29, 1.82) is 0 Å². The summed E-state index contributed by atoms with van der Waals surface area (Å²) in [5, 5.41) is 4.26. The maximum absolute atomic E-state index is 12.7. The number of carbonyl (C=O) groups excluding carboxylic acids is 1. The van der Waals surface area contributed by atoms with Crippen LogP contribution in [0.2, 0.25) is 5.02 Å². The van der Waals surface area contributed by atoms with Crippen molar-refractivity contribution in [2.45, 2.75) is 25.5 Å². The summed E-state index contributed by atoms with van der Waals surface area (Å²) < 4.78 is 11.7. The third-order valence-electron chi connectivity index (χ3n) is 4.84. The van der Waals surface area contributed by atoms with Crippen LogP contribution in [-0.4, -0.2) is 18.5 Å². The molecule has 0 spiro atoms. The van der Waals surface area contributed by atoms with Gasteiger partial charge in [-0.2, -0.15) is 0 Å². The van der Waals surface area contributed by atoms with Crippen LogP contribution in [0, 0.1) is 5.92 Å². The molecule has 5 nitrogen and oxygen atoms in total. The molecule has 2 aromatic carbocycles. The number of nitrogens with one attached hydrogen (secondary N) is 1. The van der Waals surface area contributed by atoms with Gasteiger partial charge in [0, 0.05) is 23.5 Å². The topological polar surface area (TPSA) is 77.5 Å². The molecule has 1 unspecified atom stereocenters. The van der Waals surface area contributed by atoms with Crippen molar-refractivity contribution >= 4 is 40.9 Å². The Hall–Kier alpha value is -2.21. The Morgan fingerprint density at radius 2 is 1.93 bits per heavy atom. The lowest BCUT2D eigenvalue weighted by molar-refractivity contribution is 0.0921. The van der Waals surface area contributed by atoms with Crippen LogP contribution >= 0.6 is 24.0 Å². The number of hydrogen-bond acceptors (Lipinski definition) is 4. The lowest BCUT2D eigenvalue weighted by Crippen LogP contribution is -2.38. The Bertz CT molecular complexity index is 969. The predicted molar refractivity (Wildman–Crippen MR) is 112 cm³/mol. The molecule has 7 heteroatoms. The molecule has 4 rings (SSSR count). The molecule has 1 aliphatic rings. The highest BCUT2D eigenvalue weighted by Gasteiger charge is 2.29. The first-order chi connectivity index (χ1) is 13.1. The molecular formula is C21H22Cl2N2O3. The number of ether oxygens (including phenoxy) is 1. The smallest absolute Gasteiger partial charge is 0.287 e. The van der Waals surface area contributed by atoms with Gasteiger partial charge < -0.3 is 20.2 Å². The van der Waals surface area contributed by atoms with Gasteiger partial charge in [-0.3, -0.25) is 4.79 Å². The zero-order chi connectivity index (χ0) is 18.8. The lowest BCUT2D eigenvalue weighted by atomic mass is 10.1. The van der Waals surface area contributed by atoms with Gasteiger partial charge in [-0.15, -0.1) is 12.4 Å². The van der Waals surface area contributed by atoms with E-state index in [9.17, 15) is 4.79 Å². The molecule has 1 atom stereocenters. The van der Waals surface area contributed by atoms with Crippen molar-refractivity contribution in [3.05, 3.63) is 64.9 Å². The molecule has 148 valence electrons. The van der Waals surface area contributed by atoms with Crippen molar-refractivity contribution in [2.24, 2.45) is 11.7 Å². The van der Waals surface area contributed by atoms with Gasteiger partial charge in [-0.25, -0.2) is 0 Å². The second-order valence-electron chi connectivity index (χ2n) is 6.84. The Morgan fingerprint density at radius 1 is 1.21 bits per heavy atom. The number of furan rings is 1. The molecule has 1 aliphatic carbocycles. The fraction of sp³-hybridized carbons (Fsp3) is 0.286. The molecule has 3 N–H and O–H groups in total. The highest BCUT2D eigenvalue weighted by molar-refractivity contribution is 6.32. The summed E-state index contributed by atoms with van der Waals surface area (Å²) in [6.07, 6.45) is 2.27. The van der Waals surface area contributed by atoms with Crippen molar-refractivity contribution in [3.63, 3.8) is 0 Å². The van der Waals surface area contributed by atoms with Crippen LogP contribution in [0.25, 0.3) is 11.0 Å². The van der Waals surface area contributed by atoms with E-state index in [1.165, 1.54) is 0 Å². The summed E-state index contributed by atoms with van der Waals surface area (Å²) in [7, 11) is 0. The second-order valence-corrected chi connectivity index (χ2v) is 7.24. The lowest BCUT2D eigenvalue weighted by Gasteiger charge is -2.12. The van der Waals surface area contributed by atoms with E-state index in [2.05, 4.69) is 5.32 Å². The molecule has 1 fully saturated rings. The second kappa shape index (κ2) is 8.86. The molecule has 0 saturated heterocycles. The summed E-state index contributed by atoms with van der Waals surface area (Å²) in [4.78, 5) is 12.7. The SMILES string of the molecule is Cl.NC(CNC(=O)c1oc2ccccc2c1COc1ccccc1Cl)C1CC1. The van der Waals surface area contributed by atoms with Crippen molar-refractivity contribution in [3.8, 4) is 5.75 Å². The standard InChI is InChI=1S/C21H21ClN2O3.ClH/c22-16-6-2-4-8-19(16)26-12-15-14-5-1-3-7-18(14)27-20(15)21(25)24-11-17(23)13-9-10-13;/h1-8,13,17H,9-12,23H2,(H,24,25);1H. The summed E-state index contributed by atoms with van der Waals surface area (Å²) in [6, 6.07) is 14.7. The van der Waals surface area contributed by atoms with Gasteiger partial charge in [0.1, 0.15) is 17.9 Å². The minimum atomic E-state index is -0.278. The zero-order valence-electron chi connectivity index (χ0n) is 15.2. The van der Waals surface area contributed by atoms with Crippen LogP contribution in [0.5, 0.6) is 5.75 Å². The quantitative estimate of drug-likeness (QED) is 0.587. The van der Waals surface area contributed by atoms with E-state index >= 15 is 0 Å². The number of amides is 1. The Labute approximate surface area is 174 Å². The fourth-order valence-electron chi connectivity index (χ4n) is 3.12. The van der Waals surface area contributed by atoms with Crippen molar-refractivity contribution < 1.29 is 13.9 Å². The molecular weight excluding hydrogens is 399 g/mol. The third kappa shape index (κ3) is 4.43. The molecule has 1 saturated carbocycles. The minimum Gasteiger partial charge on any atom is -0.487 e. The first kappa shape index (κ1) is 20.5. The molecule has 0 bridgehead atoms. The molecule has 1 heterocycles. The van der Waals surface area contributed by atoms with Gasteiger partial charge in [-0.1, -0.05) is 41.9 Å². The summed E-state index contributed by atoms with van der Waals surface area (Å²) in [5.74, 6) is 1.06. The van der Waals surface area contributed by atoms with E-state index in [1.54, 1.807) is 12.1 Å². The van der Waals surface area contributed by atoms with Gasteiger partial charge in [0.2, 0.25) is 0 Å². The third-order valence-corrected chi connectivity index (χ3v) is 5.15. The highest BCUT2D eigenvalue weighted by Crippen LogP contribution is 2.32. The molecule has 1 amide bonds. The number of benzene rings is 2. The van der Waals surface area contributed by atoms with Crippen LogP contribution in [0.4, 0.5) is 0 Å². The van der Waals surface area contributed by atoms with Crippen LogP contribution in [0.15, 0.2) is 52.9 Å². The maximum atomic E-state index is 12.7. The van der Waals surface area contributed by atoms with E-state index in [-0.39, 0.29) is 36.7 Å². The number of nitrogens with two attached hydrogens (primary N) is 1. The number of carbonyl (C=O) groups is 1. The first-order valence-corrected chi connectivity index (χ1v) is 9.43. The molecule has 28 heavy (non-hydrogen) atoms. The Balaban J connectivity index is 0.00000225. The maximum Gasteiger partial charge on any atom is 0.287 e. The van der Waals surface area contributed by atoms with Gasteiger partial charge in [0.25, 0.3) is 5.91 Å². The van der Waals surface area contributed by atoms with Crippen LogP contribution in [0.1, 0.15) is 29.0 Å². The van der Waals surface area contributed by atoms with Gasteiger partial charge >= 0.3 is 0 Å². The number of halogens is 2. The largest absolute Gasteiger partial charge is 0.487 e. The normalized spacial score (nSPS) is 14.4. The first-order valence-electron chi connectivity index (χ1n) is 9.05. The molecule has 0 radical (unpaired) electrons. The van der Waals surface area contributed by atoms with Crippen LogP contribution < -0.4 is 15.8 Å². The van der Waals surface area contributed by atoms with Gasteiger partial charge in [-0.05, 0) is 37.0 Å². The Morgan fingerprint density at radius 3 is 2.68 bits per heavy atom. The molecule has 1 aromatic heterocycles. The highest BCUT2D eigenvalue weighted by atomic mass is 35.5. The number of fused-ring (bicyclic) bond motifs is 1. The van der Waals surface area contributed by atoms with Crippen LogP contribution in [0.3, 0.4) is 0 Å². The van der Waals surface area contributed by atoms with Crippen LogP contribution in [-0.2, 0) is 6.61 Å². The fourth-order valence-corrected chi connectivity index (χ4v) is 3.31. The van der Waals surface area contributed by atoms with E-state index < -0.39 is 0 Å². The minimum absolute atomic E-state index is 0. The molecule has 0 aliphatic heterocycles. The number of hydrogen-bond donors (Lipinski definition) is 2. The summed E-state index contributed by atoms with van der Waals surface area (Å²) in [6.45, 7) is 0.615. The van der Waals surface area contributed by atoms with Gasteiger partial charge in [0.05, 0.1) is 5.02 Å². The summed E-state index contributed by atoms with van der Waals surface area (Å²) >= 11 is 6.16. The predicted octanol–water partition coefficient (Wildman–Crippen LogP) is 4.55. The monoisotopic (exact) mass is 420 g/mol. The zero-order valence-corrected chi connectivity index (χ0v) is 16.8. The van der Waals surface area contributed by atoms with E-state index in [4.69, 9.17) is 26.5 Å². The number of para-hydroxylation sites is 2. The molecule has 3 aromatic rings. The van der Waals surface area contributed by atoms with E-state index in [1.807, 2.05) is 36.4 Å².